The normalized spacial score (nSPS) is 14.0. The van der Waals surface area contributed by atoms with Crippen LogP contribution in [0.1, 0.15) is 31.9 Å². The summed E-state index contributed by atoms with van der Waals surface area (Å²) >= 11 is 1.76. The molecule has 6 heteroatoms. The van der Waals surface area contributed by atoms with Gasteiger partial charge in [-0.25, -0.2) is 8.78 Å². The number of fused-ring (bicyclic) bond motifs is 7. The van der Waals surface area contributed by atoms with E-state index in [0.29, 0.717) is 5.56 Å². The lowest BCUT2D eigenvalue weighted by molar-refractivity contribution is 0.584. The Morgan fingerprint density at radius 2 is 1.14 bits per heavy atom. The quantitative estimate of drug-likeness (QED) is 0.159. The minimum Gasteiger partial charge on any atom is -0.311 e. The standard InChI is InChI=1S/C59H44BF2NSSi/c1-37-28-53-58-55(29-37)64-54-32-39(40-30-42(61)34-43(62)31-40)24-26-49(54)60(58)50-36-57-48(35-52(50)63(53)51-27-25-41(59(2,3)4)33-47(51)38-16-8-5-9-17-38)46-22-14-15-23-56(46)65(57,44-18-10-6-11-19-44)45-20-12-7-13-21-45/h5-36H,1-4H3. The Morgan fingerprint density at radius 1 is 0.477 bits per heavy atom. The molecule has 0 atom stereocenters. The molecule has 0 N–H and O–H groups in total. The van der Waals surface area contributed by atoms with E-state index in [9.17, 15) is 8.78 Å². The summed E-state index contributed by atoms with van der Waals surface area (Å²) in [4.78, 5) is 4.86. The van der Waals surface area contributed by atoms with Crippen LogP contribution in [0.2, 0.25) is 0 Å². The number of rotatable bonds is 5. The average Bonchev–Trinajstić information content (AvgIpc) is 3.60. The molecule has 0 radical (unpaired) electrons. The van der Waals surface area contributed by atoms with Crippen LogP contribution in [0.4, 0.5) is 25.8 Å². The van der Waals surface area contributed by atoms with Crippen LogP contribution < -0.4 is 42.0 Å². The van der Waals surface area contributed by atoms with Crippen molar-refractivity contribution < 1.29 is 8.78 Å². The minimum atomic E-state index is -2.87. The third-order valence-corrected chi connectivity index (χ3v) is 19.9. The molecular weight excluding hydrogens is 832 g/mol. The second-order valence-corrected chi connectivity index (χ2v) is 23.6. The molecule has 3 aliphatic heterocycles. The molecule has 0 bridgehead atoms. The van der Waals surface area contributed by atoms with Crippen LogP contribution in [0.5, 0.6) is 0 Å². The van der Waals surface area contributed by atoms with Crippen molar-refractivity contribution in [2.45, 2.75) is 42.9 Å². The van der Waals surface area contributed by atoms with Gasteiger partial charge in [0.2, 0.25) is 6.71 Å². The van der Waals surface area contributed by atoms with Gasteiger partial charge < -0.3 is 4.90 Å². The van der Waals surface area contributed by atoms with Gasteiger partial charge in [-0.2, -0.15) is 0 Å². The van der Waals surface area contributed by atoms with Crippen molar-refractivity contribution in [3.05, 3.63) is 217 Å². The van der Waals surface area contributed by atoms with Gasteiger partial charge in [0, 0.05) is 32.8 Å². The van der Waals surface area contributed by atoms with E-state index in [-0.39, 0.29) is 12.1 Å². The van der Waals surface area contributed by atoms with E-state index in [0.717, 1.165) is 27.9 Å². The van der Waals surface area contributed by atoms with Crippen molar-refractivity contribution in [1.29, 1.82) is 0 Å². The number of anilines is 3. The number of halogens is 2. The molecule has 0 unspecified atom stereocenters. The molecule has 0 aromatic heterocycles. The highest BCUT2D eigenvalue weighted by Crippen LogP contribution is 2.48. The predicted molar refractivity (Wildman–Crippen MR) is 273 cm³/mol. The molecule has 65 heavy (non-hydrogen) atoms. The molecule has 0 amide bonds. The van der Waals surface area contributed by atoms with Crippen molar-refractivity contribution in [2.75, 3.05) is 4.90 Å². The Bertz CT molecular complexity index is 3320. The van der Waals surface area contributed by atoms with E-state index in [1.165, 1.54) is 93.2 Å². The molecule has 3 heterocycles. The average molecular weight is 876 g/mol. The molecular formula is C59H44BF2NSSi. The van der Waals surface area contributed by atoms with Crippen molar-refractivity contribution in [3.8, 4) is 33.4 Å². The lowest BCUT2D eigenvalue weighted by Crippen LogP contribution is -2.73. The van der Waals surface area contributed by atoms with Crippen LogP contribution >= 0.6 is 11.8 Å². The number of benzene rings is 9. The Labute approximate surface area is 385 Å². The Hall–Kier alpha value is -6.73. The minimum absolute atomic E-state index is 0.0562. The molecule has 9 aromatic rings. The monoisotopic (exact) mass is 875 g/mol. The van der Waals surface area contributed by atoms with Gasteiger partial charge in [0.1, 0.15) is 11.6 Å². The summed E-state index contributed by atoms with van der Waals surface area (Å²) in [7, 11) is -2.87. The lowest BCUT2D eigenvalue weighted by atomic mass is 9.34. The summed E-state index contributed by atoms with van der Waals surface area (Å²) in [6.07, 6.45) is 0. The molecule has 1 nitrogen and oxygen atoms in total. The maximum absolute atomic E-state index is 14.7. The number of hydrogen-bond acceptors (Lipinski definition) is 2. The van der Waals surface area contributed by atoms with Crippen LogP contribution in [-0.4, -0.2) is 14.8 Å². The third-order valence-electron chi connectivity index (χ3n) is 13.9. The summed E-state index contributed by atoms with van der Waals surface area (Å²) in [6.45, 7) is 8.95. The van der Waals surface area contributed by atoms with Crippen LogP contribution in [0.15, 0.2) is 204 Å². The molecule has 312 valence electrons. The SMILES string of the molecule is Cc1cc2c3c(c1)N(c1ccc(C(C)(C)C)cc1-c1ccccc1)c1cc4c(cc1B3c1ccc(-c3cc(F)cc(F)c3)cc1S2)[Si](c1ccccc1)(c1ccccc1)c1ccccc1-4. The zero-order valence-corrected chi connectivity index (χ0v) is 38.5. The fourth-order valence-electron chi connectivity index (χ4n) is 11.0. The van der Waals surface area contributed by atoms with Crippen molar-refractivity contribution in [1.82, 2.24) is 0 Å². The van der Waals surface area contributed by atoms with Gasteiger partial charge in [0.25, 0.3) is 0 Å². The fraction of sp³-hybridized carbons (Fsp3) is 0.0847. The molecule has 0 saturated heterocycles. The largest absolute Gasteiger partial charge is 0.311 e. The summed E-state index contributed by atoms with van der Waals surface area (Å²) in [6, 6.07) is 69.5. The van der Waals surface area contributed by atoms with Gasteiger partial charge in [-0.3, -0.25) is 0 Å². The third kappa shape index (κ3) is 6.18. The number of aryl methyl sites for hydroxylation is 1. The first-order valence-electron chi connectivity index (χ1n) is 22.4. The lowest BCUT2D eigenvalue weighted by Gasteiger charge is -2.42. The molecule has 3 aliphatic rings. The van der Waals surface area contributed by atoms with E-state index in [2.05, 4.69) is 202 Å². The molecule has 0 saturated carbocycles. The fourth-order valence-corrected chi connectivity index (χ4v) is 17.5. The summed E-state index contributed by atoms with van der Waals surface area (Å²) in [5.41, 5.74) is 15.8. The van der Waals surface area contributed by atoms with Crippen LogP contribution in [0.25, 0.3) is 33.4 Å². The highest BCUT2D eigenvalue weighted by atomic mass is 32.2. The molecule has 0 fully saturated rings. The van der Waals surface area contributed by atoms with Crippen molar-refractivity contribution in [3.63, 3.8) is 0 Å². The number of hydrogen-bond donors (Lipinski definition) is 0. The van der Waals surface area contributed by atoms with Gasteiger partial charge in [-0.15, -0.1) is 0 Å². The molecule has 9 aromatic carbocycles. The first-order valence-corrected chi connectivity index (χ1v) is 25.2. The van der Waals surface area contributed by atoms with Gasteiger partial charge >= 0.3 is 0 Å². The van der Waals surface area contributed by atoms with Crippen LogP contribution in [-0.2, 0) is 5.41 Å². The summed E-state index contributed by atoms with van der Waals surface area (Å²) in [5.74, 6) is -1.16. The van der Waals surface area contributed by atoms with E-state index >= 15 is 0 Å². The van der Waals surface area contributed by atoms with E-state index in [4.69, 9.17) is 0 Å². The smallest absolute Gasteiger partial charge is 0.249 e. The molecule has 0 aliphatic carbocycles. The van der Waals surface area contributed by atoms with Gasteiger partial charge in [-0.05, 0) is 131 Å². The number of nitrogens with zero attached hydrogens (tertiary/aromatic N) is 1. The highest BCUT2D eigenvalue weighted by Gasteiger charge is 2.51. The van der Waals surface area contributed by atoms with Gasteiger partial charge in [0.15, 0.2) is 8.07 Å². The Morgan fingerprint density at radius 3 is 1.83 bits per heavy atom. The Balaban J connectivity index is 1.20. The topological polar surface area (TPSA) is 3.24 Å². The highest BCUT2D eigenvalue weighted by molar-refractivity contribution is 8.00. The van der Waals surface area contributed by atoms with Crippen molar-refractivity contribution in [2.24, 2.45) is 0 Å². The van der Waals surface area contributed by atoms with Gasteiger partial charge in [0.05, 0.1) is 5.69 Å². The molecule has 0 spiro atoms. The van der Waals surface area contributed by atoms with Crippen LogP contribution in [0.3, 0.4) is 0 Å². The zero-order valence-electron chi connectivity index (χ0n) is 36.7. The predicted octanol–water partition coefficient (Wildman–Crippen LogP) is 11.0. The Kier molecular flexibility index (Phi) is 9.14. The molecule has 12 rings (SSSR count). The second-order valence-electron chi connectivity index (χ2n) is 18.8. The first kappa shape index (κ1) is 39.8. The van der Waals surface area contributed by atoms with E-state index in [1.54, 1.807) is 11.8 Å². The van der Waals surface area contributed by atoms with E-state index in [1.807, 2.05) is 6.07 Å². The maximum atomic E-state index is 14.7. The second kappa shape index (κ2) is 14.9. The summed E-state index contributed by atoms with van der Waals surface area (Å²) < 4.78 is 29.4. The van der Waals surface area contributed by atoms with Crippen molar-refractivity contribution >= 4 is 80.7 Å². The van der Waals surface area contributed by atoms with Gasteiger partial charge in [-0.1, -0.05) is 178 Å². The zero-order chi connectivity index (χ0) is 44.2. The summed E-state index contributed by atoms with van der Waals surface area (Å²) in [5, 5.41) is 5.51. The maximum Gasteiger partial charge on any atom is 0.249 e. The van der Waals surface area contributed by atoms with Crippen LogP contribution in [0, 0.1) is 18.6 Å². The first-order chi connectivity index (χ1) is 31.6. The van der Waals surface area contributed by atoms with E-state index < -0.39 is 19.7 Å².